The largest absolute Gasteiger partial charge is 0.476 e. The number of hydrogen-bond acceptors (Lipinski definition) is 6. The van der Waals surface area contributed by atoms with Crippen LogP contribution in [0.3, 0.4) is 0 Å². The van der Waals surface area contributed by atoms with Crippen LogP contribution < -0.4 is 14.8 Å². The van der Waals surface area contributed by atoms with E-state index in [-0.39, 0.29) is 57.4 Å². The van der Waals surface area contributed by atoms with Crippen LogP contribution in [0.15, 0.2) is 47.4 Å². The maximum absolute atomic E-state index is 14.0. The maximum Gasteiger partial charge on any atom is 0.356 e. The van der Waals surface area contributed by atoms with Crippen LogP contribution in [0.25, 0.3) is 5.69 Å². The van der Waals surface area contributed by atoms with Gasteiger partial charge in [-0.2, -0.15) is 9.78 Å². The molecule has 0 unspecified atom stereocenters. The van der Waals surface area contributed by atoms with Crippen molar-refractivity contribution in [1.82, 2.24) is 14.5 Å². The number of carboxylic acids is 1. The number of anilines is 1. The number of rotatable bonds is 11. The van der Waals surface area contributed by atoms with Gasteiger partial charge in [0, 0.05) is 23.7 Å². The summed E-state index contributed by atoms with van der Waals surface area (Å²) in [6.07, 6.45) is 0.767. The molecule has 3 N–H and O–H groups in total. The Kier molecular flexibility index (Phi) is 8.89. The lowest BCUT2D eigenvalue weighted by Crippen LogP contribution is -2.32. The highest BCUT2D eigenvalue weighted by Gasteiger charge is 2.27. The Labute approximate surface area is 220 Å². The van der Waals surface area contributed by atoms with Gasteiger partial charge >= 0.3 is 5.97 Å². The topological polar surface area (TPSA) is 140 Å². The molecule has 0 bridgehead atoms. The molecule has 3 rings (SSSR count). The molecular weight excluding hydrogens is 515 g/mol. The van der Waals surface area contributed by atoms with E-state index in [1.165, 1.54) is 43.3 Å². The number of carboxylic acid groups (broad SMARTS) is 1. The SMILES string of the molecule is CC[C@@H](C)NS(=O)(=O)c1cc(NC(=O)CC(C)C)ccc1Oc1c(C)c(C(=O)O)nn1-c1cccc(F)c1. The summed E-state index contributed by atoms with van der Waals surface area (Å²) in [5, 5.41) is 16.4. The second kappa shape index (κ2) is 11.7. The highest BCUT2D eigenvalue weighted by Crippen LogP contribution is 2.35. The molecule has 0 aliphatic heterocycles. The molecule has 10 nitrogen and oxygen atoms in total. The van der Waals surface area contributed by atoms with E-state index in [9.17, 15) is 27.5 Å². The number of hydrogen-bond donors (Lipinski definition) is 3. The number of nitrogens with one attached hydrogen (secondary N) is 2. The summed E-state index contributed by atoms with van der Waals surface area (Å²) in [6, 6.07) is 9.00. The smallest absolute Gasteiger partial charge is 0.356 e. The van der Waals surface area contributed by atoms with Crippen molar-refractivity contribution in [3.63, 3.8) is 0 Å². The van der Waals surface area contributed by atoms with Crippen molar-refractivity contribution < 1.29 is 32.2 Å². The van der Waals surface area contributed by atoms with Gasteiger partial charge in [0.1, 0.15) is 16.5 Å². The number of carbonyl (C=O) groups excluding carboxylic acids is 1. The number of aromatic carboxylic acids is 1. The van der Waals surface area contributed by atoms with Crippen LogP contribution in [0.1, 0.15) is 56.6 Å². The number of halogens is 1. The molecule has 3 aromatic rings. The Morgan fingerprint density at radius 2 is 1.87 bits per heavy atom. The van der Waals surface area contributed by atoms with Gasteiger partial charge in [0.15, 0.2) is 5.69 Å². The number of amides is 1. The fraction of sp³-hybridized carbons (Fsp3) is 0.346. The lowest BCUT2D eigenvalue weighted by Gasteiger charge is -2.18. The van der Waals surface area contributed by atoms with E-state index in [0.717, 1.165) is 10.7 Å². The van der Waals surface area contributed by atoms with Crippen LogP contribution in [0.4, 0.5) is 10.1 Å². The summed E-state index contributed by atoms with van der Waals surface area (Å²) in [4.78, 5) is 23.8. The average Bonchev–Trinajstić information content (AvgIpc) is 3.15. The molecule has 0 saturated carbocycles. The number of nitrogens with zero attached hydrogens (tertiary/aromatic N) is 2. The molecule has 1 atom stereocenters. The molecule has 38 heavy (non-hydrogen) atoms. The van der Waals surface area contributed by atoms with Gasteiger partial charge in [0.2, 0.25) is 21.8 Å². The number of carbonyl (C=O) groups is 2. The number of sulfonamides is 1. The van der Waals surface area contributed by atoms with Crippen molar-refractivity contribution in [2.45, 2.75) is 58.4 Å². The summed E-state index contributed by atoms with van der Waals surface area (Å²) in [7, 11) is -4.14. The van der Waals surface area contributed by atoms with Gasteiger partial charge in [-0.15, -0.1) is 0 Å². The van der Waals surface area contributed by atoms with Crippen molar-refractivity contribution in [2.75, 3.05) is 5.32 Å². The minimum atomic E-state index is -4.14. The van der Waals surface area contributed by atoms with Crippen LogP contribution in [0, 0.1) is 18.7 Å². The van der Waals surface area contributed by atoms with E-state index >= 15 is 0 Å². The fourth-order valence-corrected chi connectivity index (χ4v) is 5.05. The third kappa shape index (κ3) is 6.75. The molecule has 12 heteroatoms. The molecule has 1 amide bonds. The van der Waals surface area contributed by atoms with Crippen molar-refractivity contribution in [1.29, 1.82) is 0 Å². The van der Waals surface area contributed by atoms with Gasteiger partial charge < -0.3 is 15.2 Å². The Morgan fingerprint density at radius 3 is 2.47 bits per heavy atom. The molecule has 0 saturated heterocycles. The Balaban J connectivity index is 2.15. The predicted octanol–water partition coefficient (Wildman–Crippen LogP) is 4.87. The molecule has 0 spiro atoms. The van der Waals surface area contributed by atoms with Crippen LogP contribution in [-0.2, 0) is 14.8 Å². The van der Waals surface area contributed by atoms with Crippen LogP contribution in [0.5, 0.6) is 11.6 Å². The van der Waals surface area contributed by atoms with Crippen molar-refractivity contribution in [3.05, 3.63) is 59.5 Å². The lowest BCUT2D eigenvalue weighted by molar-refractivity contribution is -0.116. The zero-order valence-corrected chi connectivity index (χ0v) is 22.6. The molecule has 0 aliphatic carbocycles. The minimum absolute atomic E-state index is 0.0994. The molecule has 1 heterocycles. The summed E-state index contributed by atoms with van der Waals surface area (Å²) in [5.41, 5.74) is 0.183. The highest BCUT2D eigenvalue weighted by atomic mass is 32.2. The quantitative estimate of drug-likeness (QED) is 0.312. The standard InChI is InChI=1S/C26H31FN4O6S/c1-6-16(4)30-38(35,36)22-14-19(28-23(32)12-15(2)3)10-11-21(22)37-25-17(5)24(26(33)34)29-31(25)20-9-7-8-18(27)13-20/h7-11,13-16,30H,6,12H2,1-5H3,(H,28,32)(H,33,34)/t16-/m1/s1. The maximum atomic E-state index is 14.0. The first kappa shape index (κ1) is 28.8. The zero-order chi connectivity index (χ0) is 28.2. The second-order valence-electron chi connectivity index (χ2n) is 9.32. The molecule has 0 fully saturated rings. The van der Waals surface area contributed by atoms with Gasteiger partial charge in [0.25, 0.3) is 0 Å². The van der Waals surface area contributed by atoms with E-state index in [1.807, 2.05) is 20.8 Å². The van der Waals surface area contributed by atoms with Gasteiger partial charge in [-0.1, -0.05) is 26.8 Å². The van der Waals surface area contributed by atoms with Gasteiger partial charge in [-0.05, 0) is 62.6 Å². The molecular formula is C26H31FN4O6S. The zero-order valence-electron chi connectivity index (χ0n) is 21.8. The van der Waals surface area contributed by atoms with E-state index in [0.29, 0.717) is 6.42 Å². The second-order valence-corrected chi connectivity index (χ2v) is 11.0. The van der Waals surface area contributed by atoms with Crippen molar-refractivity contribution in [3.8, 4) is 17.3 Å². The molecule has 0 radical (unpaired) electrons. The van der Waals surface area contributed by atoms with E-state index in [1.54, 1.807) is 6.92 Å². The molecule has 2 aromatic carbocycles. The first-order chi connectivity index (χ1) is 17.8. The summed E-state index contributed by atoms with van der Waals surface area (Å²) in [5.74, 6) is -2.34. The highest BCUT2D eigenvalue weighted by molar-refractivity contribution is 7.89. The van der Waals surface area contributed by atoms with Crippen LogP contribution in [-0.4, -0.2) is 41.2 Å². The monoisotopic (exact) mass is 546 g/mol. The normalized spacial score (nSPS) is 12.4. The third-order valence-corrected chi connectivity index (χ3v) is 7.22. The first-order valence-corrected chi connectivity index (χ1v) is 13.5. The summed E-state index contributed by atoms with van der Waals surface area (Å²) < 4.78 is 50.3. The minimum Gasteiger partial charge on any atom is -0.476 e. The average molecular weight is 547 g/mol. The third-order valence-electron chi connectivity index (χ3n) is 5.61. The molecule has 0 aliphatic rings. The number of aromatic nitrogens is 2. The van der Waals surface area contributed by atoms with E-state index in [4.69, 9.17) is 4.74 Å². The Morgan fingerprint density at radius 1 is 1.16 bits per heavy atom. The number of benzene rings is 2. The summed E-state index contributed by atoms with van der Waals surface area (Å²) >= 11 is 0. The van der Waals surface area contributed by atoms with Gasteiger partial charge in [0.05, 0.1) is 5.69 Å². The van der Waals surface area contributed by atoms with Crippen molar-refractivity contribution in [2.24, 2.45) is 5.92 Å². The fourth-order valence-electron chi connectivity index (χ4n) is 3.57. The molecule has 204 valence electrons. The van der Waals surface area contributed by atoms with Gasteiger partial charge in [-0.3, -0.25) is 4.79 Å². The van der Waals surface area contributed by atoms with Crippen molar-refractivity contribution >= 4 is 27.6 Å². The van der Waals surface area contributed by atoms with Crippen LogP contribution in [0.2, 0.25) is 0 Å². The van der Waals surface area contributed by atoms with E-state index in [2.05, 4.69) is 15.1 Å². The number of ether oxygens (including phenoxy) is 1. The summed E-state index contributed by atoms with van der Waals surface area (Å²) in [6.45, 7) is 8.75. The lowest BCUT2D eigenvalue weighted by atomic mass is 10.1. The Bertz CT molecular complexity index is 1450. The van der Waals surface area contributed by atoms with E-state index < -0.39 is 27.9 Å². The van der Waals surface area contributed by atoms with Gasteiger partial charge in [-0.25, -0.2) is 22.3 Å². The van der Waals surface area contributed by atoms with Crippen LogP contribution >= 0.6 is 0 Å². The predicted molar refractivity (Wildman–Crippen MR) is 140 cm³/mol. The molecule has 1 aromatic heterocycles. The Hall–Kier alpha value is -3.77. The first-order valence-electron chi connectivity index (χ1n) is 12.0.